The Morgan fingerprint density at radius 1 is 1.25 bits per heavy atom. The Morgan fingerprint density at radius 3 is 2.75 bits per heavy atom. The van der Waals surface area contributed by atoms with Gasteiger partial charge in [-0.1, -0.05) is 6.07 Å². The summed E-state index contributed by atoms with van der Waals surface area (Å²) in [6.07, 6.45) is 4.17. The standard InChI is InChI=1S/C15H19ClN2O2/c16-9-2-1-6-14(19)17-13-5-3-4-11(10-13)15(20)18-12-7-8-12/h3-5,10,12H,1-2,6-9H2,(H,17,19)(H,18,20). The molecule has 20 heavy (non-hydrogen) atoms. The van der Waals surface area contributed by atoms with Crippen LogP contribution in [0, 0.1) is 0 Å². The lowest BCUT2D eigenvalue weighted by Crippen LogP contribution is -2.25. The molecule has 0 aliphatic heterocycles. The van der Waals surface area contributed by atoms with Gasteiger partial charge in [-0.15, -0.1) is 11.6 Å². The lowest BCUT2D eigenvalue weighted by Gasteiger charge is -2.07. The largest absolute Gasteiger partial charge is 0.349 e. The molecule has 1 aliphatic carbocycles. The van der Waals surface area contributed by atoms with Crippen molar-refractivity contribution in [2.24, 2.45) is 0 Å². The summed E-state index contributed by atoms with van der Waals surface area (Å²) in [6, 6.07) is 7.35. The van der Waals surface area contributed by atoms with Crippen molar-refractivity contribution < 1.29 is 9.59 Å². The Morgan fingerprint density at radius 2 is 2.05 bits per heavy atom. The molecule has 1 fully saturated rings. The summed E-state index contributed by atoms with van der Waals surface area (Å²) in [7, 11) is 0. The molecule has 2 rings (SSSR count). The zero-order valence-electron chi connectivity index (χ0n) is 11.3. The fraction of sp³-hybridized carbons (Fsp3) is 0.467. The average Bonchev–Trinajstić information content (AvgIpc) is 3.23. The molecule has 0 unspecified atom stereocenters. The smallest absolute Gasteiger partial charge is 0.251 e. The SMILES string of the molecule is O=C(CCCCCl)Nc1cccc(C(=O)NC2CC2)c1. The van der Waals surface area contributed by atoms with Gasteiger partial charge in [0.25, 0.3) is 5.91 Å². The van der Waals surface area contributed by atoms with Crippen molar-refractivity contribution in [2.45, 2.75) is 38.1 Å². The highest BCUT2D eigenvalue weighted by molar-refractivity contribution is 6.17. The van der Waals surface area contributed by atoms with Crippen molar-refractivity contribution in [3.8, 4) is 0 Å². The number of rotatable bonds is 7. The van der Waals surface area contributed by atoms with Crippen LogP contribution in [0.3, 0.4) is 0 Å². The maximum Gasteiger partial charge on any atom is 0.251 e. The molecule has 0 radical (unpaired) electrons. The van der Waals surface area contributed by atoms with Crippen molar-refractivity contribution in [3.05, 3.63) is 29.8 Å². The Kier molecular flexibility index (Phi) is 5.41. The zero-order chi connectivity index (χ0) is 14.4. The Labute approximate surface area is 123 Å². The lowest BCUT2D eigenvalue weighted by molar-refractivity contribution is -0.116. The van der Waals surface area contributed by atoms with Gasteiger partial charge < -0.3 is 10.6 Å². The summed E-state index contributed by atoms with van der Waals surface area (Å²) in [4.78, 5) is 23.6. The first-order chi connectivity index (χ1) is 9.69. The summed E-state index contributed by atoms with van der Waals surface area (Å²) < 4.78 is 0. The van der Waals surface area contributed by atoms with Crippen LogP contribution in [-0.2, 0) is 4.79 Å². The van der Waals surface area contributed by atoms with Gasteiger partial charge in [0.1, 0.15) is 0 Å². The molecule has 2 amide bonds. The van der Waals surface area contributed by atoms with Crippen LogP contribution >= 0.6 is 11.6 Å². The van der Waals surface area contributed by atoms with Crippen LogP contribution < -0.4 is 10.6 Å². The van der Waals surface area contributed by atoms with E-state index in [2.05, 4.69) is 10.6 Å². The number of hydrogen-bond donors (Lipinski definition) is 2. The van der Waals surface area contributed by atoms with E-state index >= 15 is 0 Å². The van der Waals surface area contributed by atoms with E-state index < -0.39 is 0 Å². The number of amides is 2. The van der Waals surface area contributed by atoms with Crippen LogP contribution in [0.4, 0.5) is 5.69 Å². The Hall–Kier alpha value is -1.55. The van der Waals surface area contributed by atoms with Crippen molar-refractivity contribution in [2.75, 3.05) is 11.2 Å². The molecule has 0 atom stereocenters. The molecular formula is C15H19ClN2O2. The van der Waals surface area contributed by atoms with E-state index in [1.54, 1.807) is 24.3 Å². The van der Waals surface area contributed by atoms with Gasteiger partial charge in [-0.3, -0.25) is 9.59 Å². The van der Waals surface area contributed by atoms with Gasteiger partial charge >= 0.3 is 0 Å². The number of nitrogens with one attached hydrogen (secondary N) is 2. The molecule has 0 heterocycles. The fourth-order valence-electron chi connectivity index (χ4n) is 1.84. The summed E-state index contributed by atoms with van der Waals surface area (Å²) in [5.41, 5.74) is 1.24. The molecule has 0 aromatic heterocycles. The van der Waals surface area contributed by atoms with Crippen LogP contribution in [0.2, 0.25) is 0 Å². The second-order valence-corrected chi connectivity index (χ2v) is 5.40. The topological polar surface area (TPSA) is 58.2 Å². The number of alkyl halides is 1. The van der Waals surface area contributed by atoms with E-state index in [4.69, 9.17) is 11.6 Å². The van der Waals surface area contributed by atoms with Crippen LogP contribution in [0.15, 0.2) is 24.3 Å². The zero-order valence-corrected chi connectivity index (χ0v) is 12.1. The number of carbonyl (C=O) groups is 2. The monoisotopic (exact) mass is 294 g/mol. The first kappa shape index (κ1) is 14.9. The molecule has 0 saturated heterocycles. The number of anilines is 1. The molecule has 108 valence electrons. The second-order valence-electron chi connectivity index (χ2n) is 5.02. The van der Waals surface area contributed by atoms with Crippen molar-refractivity contribution >= 4 is 29.1 Å². The summed E-state index contributed by atoms with van der Waals surface area (Å²) in [5, 5.41) is 5.73. The highest BCUT2D eigenvalue weighted by atomic mass is 35.5. The predicted molar refractivity (Wildman–Crippen MR) is 80.1 cm³/mol. The minimum Gasteiger partial charge on any atom is -0.349 e. The Bertz CT molecular complexity index is 487. The highest BCUT2D eigenvalue weighted by Gasteiger charge is 2.23. The summed E-state index contributed by atoms with van der Waals surface area (Å²) >= 11 is 5.57. The molecule has 1 aliphatic rings. The third-order valence-corrected chi connectivity index (χ3v) is 3.38. The third-order valence-electron chi connectivity index (χ3n) is 3.11. The quantitative estimate of drug-likeness (QED) is 0.600. The predicted octanol–water partition coefficient (Wildman–Crippen LogP) is 2.93. The summed E-state index contributed by atoms with van der Waals surface area (Å²) in [6.45, 7) is 0. The normalized spacial score (nSPS) is 13.8. The molecule has 1 aromatic rings. The van der Waals surface area contributed by atoms with Gasteiger partial charge in [-0.25, -0.2) is 0 Å². The van der Waals surface area contributed by atoms with Crippen LogP contribution in [0.1, 0.15) is 42.5 Å². The minimum absolute atomic E-state index is 0.0464. The van der Waals surface area contributed by atoms with Gasteiger partial charge in [-0.05, 0) is 43.9 Å². The highest BCUT2D eigenvalue weighted by Crippen LogP contribution is 2.20. The number of unbranched alkanes of at least 4 members (excludes halogenated alkanes) is 1. The maximum atomic E-state index is 11.9. The van der Waals surface area contributed by atoms with Crippen molar-refractivity contribution in [3.63, 3.8) is 0 Å². The van der Waals surface area contributed by atoms with Crippen molar-refractivity contribution in [1.29, 1.82) is 0 Å². The second kappa shape index (κ2) is 7.29. The maximum absolute atomic E-state index is 11.9. The molecule has 2 N–H and O–H groups in total. The van der Waals surface area contributed by atoms with Gasteiger partial charge in [0, 0.05) is 29.6 Å². The van der Waals surface area contributed by atoms with Gasteiger partial charge in [0.15, 0.2) is 0 Å². The molecule has 4 nitrogen and oxygen atoms in total. The minimum atomic E-state index is -0.0780. The Balaban J connectivity index is 1.88. The van der Waals surface area contributed by atoms with E-state index in [1.807, 2.05) is 0 Å². The van der Waals surface area contributed by atoms with E-state index in [0.29, 0.717) is 29.6 Å². The van der Waals surface area contributed by atoms with Crippen LogP contribution in [-0.4, -0.2) is 23.7 Å². The number of benzene rings is 1. The molecule has 0 spiro atoms. The fourth-order valence-corrected chi connectivity index (χ4v) is 2.03. The van der Waals surface area contributed by atoms with Gasteiger partial charge in [-0.2, -0.15) is 0 Å². The van der Waals surface area contributed by atoms with E-state index in [9.17, 15) is 9.59 Å². The van der Waals surface area contributed by atoms with E-state index in [0.717, 1.165) is 25.7 Å². The summed E-state index contributed by atoms with van der Waals surface area (Å²) in [5.74, 6) is 0.449. The molecular weight excluding hydrogens is 276 g/mol. The number of carbonyl (C=O) groups excluding carboxylic acids is 2. The first-order valence-corrected chi connectivity index (χ1v) is 7.49. The van der Waals surface area contributed by atoms with Crippen LogP contribution in [0.25, 0.3) is 0 Å². The first-order valence-electron chi connectivity index (χ1n) is 6.96. The average molecular weight is 295 g/mol. The lowest BCUT2D eigenvalue weighted by atomic mass is 10.1. The van der Waals surface area contributed by atoms with Gasteiger partial charge in [0.05, 0.1) is 0 Å². The van der Waals surface area contributed by atoms with E-state index in [-0.39, 0.29) is 11.8 Å². The third kappa shape index (κ3) is 4.85. The van der Waals surface area contributed by atoms with Crippen LogP contribution in [0.5, 0.6) is 0 Å². The molecule has 0 bridgehead atoms. The molecule has 1 saturated carbocycles. The molecule has 1 aromatic carbocycles. The number of hydrogen-bond acceptors (Lipinski definition) is 2. The molecule has 5 heteroatoms. The van der Waals surface area contributed by atoms with Crippen molar-refractivity contribution in [1.82, 2.24) is 5.32 Å². The number of halogens is 1. The van der Waals surface area contributed by atoms with Gasteiger partial charge in [0.2, 0.25) is 5.91 Å². The van der Waals surface area contributed by atoms with E-state index in [1.165, 1.54) is 0 Å².